The third-order valence-corrected chi connectivity index (χ3v) is 6.17. The van der Waals surface area contributed by atoms with Crippen LogP contribution in [0.15, 0.2) is 83.3 Å². The summed E-state index contributed by atoms with van der Waals surface area (Å²) in [7, 11) is 0. The lowest BCUT2D eigenvalue weighted by Crippen LogP contribution is -2.54. The van der Waals surface area contributed by atoms with Gasteiger partial charge in [0, 0.05) is 28.0 Å². The van der Waals surface area contributed by atoms with Crippen LogP contribution in [0.1, 0.15) is 37.5 Å². The lowest BCUT2D eigenvalue weighted by atomic mass is 10.00. The summed E-state index contributed by atoms with van der Waals surface area (Å²) in [5.41, 5.74) is 2.23. The molecule has 0 aliphatic carbocycles. The van der Waals surface area contributed by atoms with E-state index in [2.05, 4.69) is 21.2 Å². The Kier molecular flexibility index (Phi) is 8.92. The minimum Gasteiger partial charge on any atom is -0.350 e. The average Bonchev–Trinajstić information content (AvgIpc) is 2.77. The highest BCUT2D eigenvalue weighted by Gasteiger charge is 2.32. The van der Waals surface area contributed by atoms with Gasteiger partial charge in [-0.2, -0.15) is 0 Å². The summed E-state index contributed by atoms with van der Waals surface area (Å²) in [5, 5.41) is 3.62. The van der Waals surface area contributed by atoms with Crippen LogP contribution in [0.2, 0.25) is 5.02 Å². The van der Waals surface area contributed by atoms with Crippen LogP contribution in [-0.4, -0.2) is 28.3 Å². The molecule has 3 aromatic rings. The summed E-state index contributed by atoms with van der Waals surface area (Å²) in [6.45, 7) is 6.12. The van der Waals surface area contributed by atoms with E-state index in [-0.39, 0.29) is 18.2 Å². The second kappa shape index (κ2) is 11.7. The molecule has 2 amide bonds. The molecule has 178 valence electrons. The van der Waals surface area contributed by atoms with Crippen molar-refractivity contribution in [2.75, 3.05) is 0 Å². The Labute approximate surface area is 215 Å². The number of carbonyl (C=O) groups is 2. The molecule has 3 rings (SSSR count). The van der Waals surface area contributed by atoms with Crippen molar-refractivity contribution in [1.82, 2.24) is 10.2 Å². The maximum Gasteiger partial charge on any atom is 0.243 e. The van der Waals surface area contributed by atoms with Crippen molar-refractivity contribution in [3.8, 4) is 0 Å². The molecule has 1 atom stereocenters. The van der Waals surface area contributed by atoms with Crippen molar-refractivity contribution >= 4 is 39.3 Å². The SMILES string of the molecule is CC(C)(C)NC(=O)[C@H](Cc1ccccc1)N(Cc1cccc(Br)c1)C(=O)Cc1ccccc1Cl. The lowest BCUT2D eigenvalue weighted by Gasteiger charge is -2.34. The number of hydrogen-bond acceptors (Lipinski definition) is 2. The minimum absolute atomic E-state index is 0.113. The Bertz CT molecular complexity index is 1130. The molecule has 0 saturated carbocycles. The van der Waals surface area contributed by atoms with Gasteiger partial charge in [-0.1, -0.05) is 88.2 Å². The monoisotopic (exact) mass is 540 g/mol. The molecule has 1 N–H and O–H groups in total. The number of nitrogens with zero attached hydrogens (tertiary/aromatic N) is 1. The predicted molar refractivity (Wildman–Crippen MR) is 142 cm³/mol. The van der Waals surface area contributed by atoms with Gasteiger partial charge in [0.2, 0.25) is 11.8 Å². The van der Waals surface area contributed by atoms with Crippen molar-refractivity contribution in [1.29, 1.82) is 0 Å². The Balaban J connectivity index is 2.00. The van der Waals surface area contributed by atoms with Crippen LogP contribution in [0.25, 0.3) is 0 Å². The smallest absolute Gasteiger partial charge is 0.243 e. The van der Waals surface area contributed by atoms with Gasteiger partial charge in [0.25, 0.3) is 0 Å². The molecule has 6 heteroatoms. The van der Waals surface area contributed by atoms with Crippen LogP contribution < -0.4 is 5.32 Å². The van der Waals surface area contributed by atoms with Gasteiger partial charge < -0.3 is 10.2 Å². The molecule has 3 aromatic carbocycles. The van der Waals surface area contributed by atoms with Crippen LogP contribution in [0.4, 0.5) is 0 Å². The van der Waals surface area contributed by atoms with Gasteiger partial charge >= 0.3 is 0 Å². The van der Waals surface area contributed by atoms with E-state index >= 15 is 0 Å². The van der Waals surface area contributed by atoms with Gasteiger partial charge in [-0.25, -0.2) is 0 Å². The van der Waals surface area contributed by atoms with Crippen molar-refractivity contribution in [3.63, 3.8) is 0 Å². The zero-order chi connectivity index (χ0) is 24.7. The maximum absolute atomic E-state index is 13.7. The Morgan fingerprint density at radius 1 is 0.941 bits per heavy atom. The number of halogens is 2. The maximum atomic E-state index is 13.7. The zero-order valence-corrected chi connectivity index (χ0v) is 22.1. The van der Waals surface area contributed by atoms with Crippen LogP contribution in [0.3, 0.4) is 0 Å². The fourth-order valence-corrected chi connectivity index (χ4v) is 4.39. The van der Waals surface area contributed by atoms with Gasteiger partial charge in [-0.15, -0.1) is 0 Å². The predicted octanol–water partition coefficient (Wildman–Crippen LogP) is 6.20. The molecule has 0 fully saturated rings. The van der Waals surface area contributed by atoms with Gasteiger partial charge in [0.15, 0.2) is 0 Å². The second-order valence-corrected chi connectivity index (χ2v) is 10.7. The van der Waals surface area contributed by atoms with Crippen molar-refractivity contribution in [3.05, 3.63) is 105 Å². The second-order valence-electron chi connectivity index (χ2n) is 9.36. The Morgan fingerprint density at radius 2 is 1.59 bits per heavy atom. The molecule has 0 aromatic heterocycles. The largest absolute Gasteiger partial charge is 0.350 e. The molecule has 34 heavy (non-hydrogen) atoms. The van der Waals surface area contributed by atoms with Crippen molar-refractivity contribution < 1.29 is 9.59 Å². The van der Waals surface area contributed by atoms with Gasteiger partial charge in [0.1, 0.15) is 6.04 Å². The minimum atomic E-state index is -0.685. The number of benzene rings is 3. The van der Waals surface area contributed by atoms with Crippen molar-refractivity contribution in [2.24, 2.45) is 0 Å². The van der Waals surface area contributed by atoms with E-state index in [0.717, 1.165) is 21.2 Å². The van der Waals surface area contributed by atoms with Gasteiger partial charge in [-0.05, 0) is 55.7 Å². The van der Waals surface area contributed by atoms with E-state index in [9.17, 15) is 9.59 Å². The normalized spacial score (nSPS) is 12.1. The number of nitrogens with one attached hydrogen (secondary N) is 1. The molecular formula is C28H30BrClN2O2. The molecule has 0 aliphatic rings. The first-order chi connectivity index (χ1) is 16.1. The fraction of sp³-hybridized carbons (Fsp3) is 0.286. The highest BCUT2D eigenvalue weighted by atomic mass is 79.9. The summed E-state index contributed by atoms with van der Waals surface area (Å²) < 4.78 is 0.919. The molecular weight excluding hydrogens is 512 g/mol. The number of amides is 2. The van der Waals surface area contributed by atoms with Crippen LogP contribution in [-0.2, 0) is 29.0 Å². The molecule has 0 bridgehead atoms. The highest BCUT2D eigenvalue weighted by molar-refractivity contribution is 9.10. The third-order valence-electron chi connectivity index (χ3n) is 5.31. The first kappa shape index (κ1) is 26.0. The van der Waals surface area contributed by atoms with Crippen LogP contribution in [0, 0.1) is 0 Å². The quantitative estimate of drug-likeness (QED) is 0.369. The molecule has 0 heterocycles. The topological polar surface area (TPSA) is 49.4 Å². The standard InChI is InChI=1S/C28H30BrClN2O2/c1-28(2,3)31-27(34)25(17-20-10-5-4-6-11-20)32(19-21-12-9-14-23(29)16-21)26(33)18-22-13-7-8-15-24(22)30/h4-16,25H,17-19H2,1-3H3,(H,31,34)/t25-/m0/s1. The fourth-order valence-electron chi connectivity index (χ4n) is 3.75. The number of carbonyl (C=O) groups excluding carboxylic acids is 2. The van der Waals surface area contributed by atoms with Gasteiger partial charge in [-0.3, -0.25) is 9.59 Å². The summed E-state index contributed by atoms with van der Waals surface area (Å²) in [4.78, 5) is 29.0. The first-order valence-corrected chi connectivity index (χ1v) is 12.4. The molecule has 0 unspecified atom stereocenters. The van der Waals surface area contributed by atoms with E-state index in [1.165, 1.54) is 0 Å². The van der Waals surface area contributed by atoms with Crippen LogP contribution in [0.5, 0.6) is 0 Å². The first-order valence-electron chi connectivity index (χ1n) is 11.3. The van der Waals surface area contributed by atoms with E-state index in [1.54, 1.807) is 11.0 Å². The Morgan fingerprint density at radius 3 is 2.24 bits per heavy atom. The van der Waals surface area contributed by atoms with E-state index in [0.29, 0.717) is 18.0 Å². The number of rotatable bonds is 8. The van der Waals surface area contributed by atoms with Crippen molar-refractivity contribution in [2.45, 2.75) is 51.7 Å². The molecule has 0 radical (unpaired) electrons. The average molecular weight is 542 g/mol. The third kappa shape index (κ3) is 7.71. The van der Waals surface area contributed by atoms with E-state index in [1.807, 2.05) is 93.6 Å². The molecule has 0 spiro atoms. The van der Waals surface area contributed by atoms with E-state index in [4.69, 9.17) is 11.6 Å². The highest BCUT2D eigenvalue weighted by Crippen LogP contribution is 2.21. The summed E-state index contributed by atoms with van der Waals surface area (Å²) in [5.74, 6) is -0.336. The summed E-state index contributed by atoms with van der Waals surface area (Å²) in [6.07, 6.45) is 0.521. The van der Waals surface area contributed by atoms with Crippen LogP contribution >= 0.6 is 27.5 Å². The lowest BCUT2D eigenvalue weighted by molar-refractivity contribution is -0.141. The molecule has 0 saturated heterocycles. The number of hydrogen-bond donors (Lipinski definition) is 1. The van der Waals surface area contributed by atoms with Gasteiger partial charge in [0.05, 0.1) is 6.42 Å². The van der Waals surface area contributed by atoms with E-state index < -0.39 is 11.6 Å². The summed E-state index contributed by atoms with van der Waals surface area (Å²) in [6, 6.07) is 24.2. The zero-order valence-electron chi connectivity index (χ0n) is 19.7. The summed E-state index contributed by atoms with van der Waals surface area (Å²) >= 11 is 9.87. The molecule has 0 aliphatic heterocycles. The molecule has 4 nitrogen and oxygen atoms in total. The Hall–Kier alpha value is -2.63.